The van der Waals surface area contributed by atoms with Gasteiger partial charge in [0.05, 0.1) is 5.88 Å². The third-order valence-electron chi connectivity index (χ3n) is 1.67. The second-order valence-electron chi connectivity index (χ2n) is 2.84. The average Bonchev–Trinajstić information content (AvgIpc) is 2.16. The van der Waals surface area contributed by atoms with E-state index in [1.165, 1.54) is 11.6 Å². The van der Waals surface area contributed by atoms with E-state index in [1.807, 2.05) is 31.2 Å². The highest BCUT2D eigenvalue weighted by atomic mass is 35.5. The lowest BCUT2D eigenvalue weighted by atomic mass is 10.1. The summed E-state index contributed by atoms with van der Waals surface area (Å²) < 4.78 is 0. The van der Waals surface area contributed by atoms with Crippen molar-refractivity contribution in [3.8, 4) is 0 Å². The first-order chi connectivity index (χ1) is 6.22. The summed E-state index contributed by atoms with van der Waals surface area (Å²) in [7, 11) is 0. The van der Waals surface area contributed by atoms with Crippen LogP contribution in [0.15, 0.2) is 30.3 Å². The van der Waals surface area contributed by atoms with Gasteiger partial charge in [0, 0.05) is 0 Å². The zero-order valence-corrected chi connectivity index (χ0v) is 8.21. The van der Waals surface area contributed by atoms with Crippen LogP contribution in [-0.4, -0.2) is 11.7 Å². The van der Waals surface area contributed by atoms with Gasteiger partial charge in [-0.25, -0.2) is 0 Å². The van der Waals surface area contributed by atoms with E-state index in [0.29, 0.717) is 0 Å². The monoisotopic (exact) mass is 194 g/mol. The number of alkyl halides is 1. The molecule has 0 unspecified atom stereocenters. The molecule has 0 aromatic heterocycles. The highest BCUT2D eigenvalue weighted by Gasteiger charge is 1.91. The fourth-order valence-electron chi connectivity index (χ4n) is 0.911. The Morgan fingerprint density at radius 2 is 2.00 bits per heavy atom. The Morgan fingerprint density at radius 1 is 1.38 bits per heavy atom. The van der Waals surface area contributed by atoms with Crippen LogP contribution in [0.3, 0.4) is 0 Å². The van der Waals surface area contributed by atoms with Crippen molar-refractivity contribution in [1.82, 2.24) is 0 Å². The molecule has 68 valence electrons. The largest absolute Gasteiger partial charge is 0.294 e. The summed E-state index contributed by atoms with van der Waals surface area (Å²) in [6, 6.07) is 7.94. The van der Waals surface area contributed by atoms with Gasteiger partial charge in [0.15, 0.2) is 5.78 Å². The number of hydrogen-bond acceptors (Lipinski definition) is 1. The van der Waals surface area contributed by atoms with Gasteiger partial charge in [0.2, 0.25) is 0 Å². The second-order valence-corrected chi connectivity index (χ2v) is 3.11. The quantitative estimate of drug-likeness (QED) is 0.534. The Hall–Kier alpha value is -1.08. The molecular formula is C11H11ClO. The number of halogens is 1. The van der Waals surface area contributed by atoms with Crippen LogP contribution in [0.2, 0.25) is 0 Å². The van der Waals surface area contributed by atoms with E-state index < -0.39 is 0 Å². The first-order valence-corrected chi connectivity index (χ1v) is 4.59. The minimum absolute atomic E-state index is 0.0440. The smallest absolute Gasteiger partial charge is 0.170 e. The van der Waals surface area contributed by atoms with Crippen molar-refractivity contribution < 1.29 is 4.79 Å². The highest BCUT2D eigenvalue weighted by Crippen LogP contribution is 2.04. The lowest BCUT2D eigenvalue weighted by Gasteiger charge is -1.93. The Balaban J connectivity index is 2.69. The van der Waals surface area contributed by atoms with Gasteiger partial charge in [-0.15, -0.1) is 11.6 Å². The van der Waals surface area contributed by atoms with Crippen molar-refractivity contribution in [2.24, 2.45) is 0 Å². The van der Waals surface area contributed by atoms with E-state index >= 15 is 0 Å². The first kappa shape index (κ1) is 10.0. The van der Waals surface area contributed by atoms with Gasteiger partial charge < -0.3 is 0 Å². The molecule has 0 saturated carbocycles. The van der Waals surface area contributed by atoms with E-state index in [0.717, 1.165) is 5.56 Å². The molecule has 0 aliphatic heterocycles. The number of carbonyl (C=O) groups excluding carboxylic acids is 1. The van der Waals surface area contributed by atoms with Crippen LogP contribution in [-0.2, 0) is 4.79 Å². The normalized spacial score (nSPS) is 10.6. The molecule has 0 heterocycles. The lowest BCUT2D eigenvalue weighted by molar-refractivity contribution is -0.112. The molecular weight excluding hydrogens is 184 g/mol. The van der Waals surface area contributed by atoms with Gasteiger partial charge in [0.25, 0.3) is 0 Å². The summed E-state index contributed by atoms with van der Waals surface area (Å²) in [6.45, 7) is 2.03. The number of aryl methyl sites for hydroxylation is 1. The minimum Gasteiger partial charge on any atom is -0.294 e. The van der Waals surface area contributed by atoms with Crippen molar-refractivity contribution in [3.05, 3.63) is 41.5 Å². The van der Waals surface area contributed by atoms with E-state index in [9.17, 15) is 4.79 Å². The van der Waals surface area contributed by atoms with Crippen LogP contribution in [0.25, 0.3) is 6.08 Å². The SMILES string of the molecule is Cc1ccc(/C=C/C(=O)CCl)cc1. The van der Waals surface area contributed by atoms with Crippen molar-refractivity contribution in [1.29, 1.82) is 0 Å². The predicted molar refractivity (Wildman–Crippen MR) is 55.9 cm³/mol. The Bertz CT molecular complexity index is 311. The molecule has 0 fully saturated rings. The third kappa shape index (κ3) is 3.43. The van der Waals surface area contributed by atoms with E-state index in [4.69, 9.17) is 11.6 Å². The molecule has 1 rings (SSSR count). The molecule has 0 saturated heterocycles. The van der Waals surface area contributed by atoms with E-state index in [2.05, 4.69) is 0 Å². The molecule has 1 aromatic rings. The molecule has 0 atom stereocenters. The van der Waals surface area contributed by atoms with Crippen LogP contribution in [0.1, 0.15) is 11.1 Å². The second kappa shape index (κ2) is 4.83. The molecule has 1 aromatic carbocycles. The lowest BCUT2D eigenvalue weighted by Crippen LogP contribution is -1.91. The summed E-state index contributed by atoms with van der Waals surface area (Å²) in [5, 5.41) is 0. The van der Waals surface area contributed by atoms with Gasteiger partial charge >= 0.3 is 0 Å². The van der Waals surface area contributed by atoms with Gasteiger partial charge in [-0.3, -0.25) is 4.79 Å². The van der Waals surface area contributed by atoms with Crippen molar-refractivity contribution in [3.63, 3.8) is 0 Å². The average molecular weight is 195 g/mol. The standard InChI is InChI=1S/C11H11ClO/c1-9-2-4-10(5-3-9)6-7-11(13)8-12/h2-7H,8H2,1H3/b7-6+. The molecule has 0 aliphatic rings. The number of rotatable bonds is 3. The molecule has 2 heteroatoms. The summed E-state index contributed by atoms with van der Waals surface area (Å²) >= 11 is 5.34. The van der Waals surface area contributed by atoms with Crippen LogP contribution in [0, 0.1) is 6.92 Å². The van der Waals surface area contributed by atoms with Gasteiger partial charge in [-0.05, 0) is 18.6 Å². The molecule has 0 amide bonds. The summed E-state index contributed by atoms with van der Waals surface area (Å²) in [4.78, 5) is 10.8. The highest BCUT2D eigenvalue weighted by molar-refractivity contribution is 6.29. The van der Waals surface area contributed by atoms with Crippen molar-refractivity contribution >= 4 is 23.5 Å². The number of carbonyl (C=O) groups is 1. The van der Waals surface area contributed by atoms with E-state index in [1.54, 1.807) is 6.08 Å². The van der Waals surface area contributed by atoms with E-state index in [-0.39, 0.29) is 11.7 Å². The molecule has 1 nitrogen and oxygen atoms in total. The number of hydrogen-bond donors (Lipinski definition) is 0. The van der Waals surface area contributed by atoms with Crippen molar-refractivity contribution in [2.45, 2.75) is 6.92 Å². The zero-order valence-electron chi connectivity index (χ0n) is 7.46. The predicted octanol–water partition coefficient (Wildman–Crippen LogP) is 2.82. The Morgan fingerprint density at radius 3 is 2.54 bits per heavy atom. The Labute approximate surface area is 83.0 Å². The molecule has 0 aliphatic carbocycles. The van der Waals surface area contributed by atoms with Crippen molar-refractivity contribution in [2.75, 3.05) is 5.88 Å². The van der Waals surface area contributed by atoms with Crippen LogP contribution >= 0.6 is 11.6 Å². The third-order valence-corrected chi connectivity index (χ3v) is 1.93. The molecule has 0 N–H and O–H groups in total. The topological polar surface area (TPSA) is 17.1 Å². The molecule has 0 bridgehead atoms. The fourth-order valence-corrected chi connectivity index (χ4v) is 1.00. The maximum atomic E-state index is 10.8. The number of ketones is 1. The first-order valence-electron chi connectivity index (χ1n) is 4.06. The Kier molecular flexibility index (Phi) is 3.71. The zero-order chi connectivity index (χ0) is 9.68. The summed E-state index contributed by atoms with van der Waals surface area (Å²) in [5.74, 6) is -0.0234. The van der Waals surface area contributed by atoms with Gasteiger partial charge in [0.1, 0.15) is 0 Å². The number of allylic oxidation sites excluding steroid dienone is 1. The summed E-state index contributed by atoms with van der Waals surface area (Å²) in [6.07, 6.45) is 3.27. The number of benzene rings is 1. The molecule has 13 heavy (non-hydrogen) atoms. The van der Waals surface area contributed by atoms with Crippen LogP contribution in [0.5, 0.6) is 0 Å². The molecule has 0 radical (unpaired) electrons. The summed E-state index contributed by atoms with van der Waals surface area (Å²) in [5.41, 5.74) is 2.23. The van der Waals surface area contributed by atoms with Gasteiger partial charge in [-0.2, -0.15) is 0 Å². The maximum Gasteiger partial charge on any atom is 0.170 e. The van der Waals surface area contributed by atoms with Crippen LogP contribution in [0.4, 0.5) is 0 Å². The fraction of sp³-hybridized carbons (Fsp3) is 0.182. The molecule has 0 spiro atoms. The minimum atomic E-state index is -0.0674. The van der Waals surface area contributed by atoms with Gasteiger partial charge in [-0.1, -0.05) is 35.9 Å². The maximum absolute atomic E-state index is 10.8. The van der Waals surface area contributed by atoms with Crippen LogP contribution < -0.4 is 0 Å².